The van der Waals surface area contributed by atoms with E-state index in [-0.39, 0.29) is 34.2 Å². The van der Waals surface area contributed by atoms with Crippen molar-refractivity contribution in [3.63, 3.8) is 0 Å². The molecule has 0 fully saturated rings. The lowest BCUT2D eigenvalue weighted by Crippen LogP contribution is -2.38. The third-order valence-electron chi connectivity index (χ3n) is 5.15. The first-order chi connectivity index (χ1) is 19.0. The quantitative estimate of drug-likeness (QED) is 0.177. The number of imide groups is 1. The van der Waals surface area contributed by atoms with Crippen molar-refractivity contribution >= 4 is 63.8 Å². The number of amides is 3. The van der Waals surface area contributed by atoms with E-state index in [1.807, 2.05) is 30.3 Å². The fraction of sp³-hybridized carbons (Fsp3) is 0.185. The molecule has 0 saturated heterocycles. The van der Waals surface area contributed by atoms with Crippen molar-refractivity contribution in [3.05, 3.63) is 86.8 Å². The van der Waals surface area contributed by atoms with Crippen LogP contribution in [0.5, 0.6) is 0 Å². The third-order valence-corrected chi connectivity index (χ3v) is 6.30. The average Bonchev–Trinajstić information content (AvgIpc) is 3.53. The maximum absolute atomic E-state index is 14.1. The number of halogens is 2. The highest BCUT2D eigenvalue weighted by molar-refractivity contribution is 7.11. The van der Waals surface area contributed by atoms with Gasteiger partial charge in [-0.25, -0.2) is 18.9 Å². The highest BCUT2D eigenvalue weighted by atomic mass is 35.5. The summed E-state index contributed by atoms with van der Waals surface area (Å²) in [4.78, 5) is 47.8. The van der Waals surface area contributed by atoms with Crippen molar-refractivity contribution in [1.82, 2.24) is 0 Å². The molecule has 2 heterocycles. The molecule has 3 amide bonds. The molecule has 4 rings (SSSR count). The van der Waals surface area contributed by atoms with Crippen molar-refractivity contribution in [1.29, 1.82) is 0 Å². The van der Waals surface area contributed by atoms with E-state index >= 15 is 0 Å². The molecular formula is C27H24ClFN2O8S. The average molecular weight is 591 g/mol. The molecule has 13 heteroatoms. The van der Waals surface area contributed by atoms with Crippen LogP contribution in [0.1, 0.15) is 29.9 Å². The Balaban J connectivity index is 0.000000307. The Morgan fingerprint density at radius 3 is 2.40 bits per heavy atom. The lowest BCUT2D eigenvalue weighted by Gasteiger charge is -2.18. The second kappa shape index (κ2) is 13.7. The largest absolute Gasteiger partial charge is 0.459 e. The van der Waals surface area contributed by atoms with Crippen LogP contribution in [0.25, 0.3) is 11.3 Å². The second-order valence-electron chi connectivity index (χ2n) is 8.04. The van der Waals surface area contributed by atoms with E-state index in [1.54, 1.807) is 17.5 Å². The Morgan fingerprint density at radius 1 is 1.12 bits per heavy atom. The minimum atomic E-state index is -1.05. The number of urea groups is 1. The van der Waals surface area contributed by atoms with E-state index in [1.165, 1.54) is 25.2 Å². The molecule has 1 aromatic heterocycles. The number of fused-ring (bicyclic) bond motifs is 1. The van der Waals surface area contributed by atoms with Crippen molar-refractivity contribution in [3.8, 4) is 0 Å². The van der Waals surface area contributed by atoms with Gasteiger partial charge >= 0.3 is 18.0 Å². The molecule has 2 aromatic carbocycles. The number of hydrogen-bond donors (Lipinski definition) is 2. The van der Waals surface area contributed by atoms with Gasteiger partial charge in [0.2, 0.25) is 6.29 Å². The van der Waals surface area contributed by atoms with E-state index in [4.69, 9.17) is 31.9 Å². The van der Waals surface area contributed by atoms with Gasteiger partial charge in [0.05, 0.1) is 21.2 Å². The zero-order valence-electron chi connectivity index (χ0n) is 21.3. The van der Waals surface area contributed by atoms with Gasteiger partial charge in [-0.15, -0.1) is 11.3 Å². The number of esters is 2. The van der Waals surface area contributed by atoms with Crippen LogP contribution in [0.2, 0.25) is 5.02 Å². The predicted molar refractivity (Wildman–Crippen MR) is 145 cm³/mol. The predicted octanol–water partition coefficient (Wildman–Crippen LogP) is 4.48. The van der Waals surface area contributed by atoms with Gasteiger partial charge < -0.3 is 25.1 Å². The van der Waals surface area contributed by atoms with Gasteiger partial charge in [0.1, 0.15) is 19.0 Å². The molecule has 10 nitrogen and oxygen atoms in total. The monoisotopic (exact) mass is 590 g/mol. The maximum Gasteiger partial charge on any atom is 0.332 e. The van der Waals surface area contributed by atoms with E-state index in [0.717, 1.165) is 17.7 Å². The van der Waals surface area contributed by atoms with E-state index in [9.17, 15) is 23.6 Å². The molecule has 1 aliphatic rings. The van der Waals surface area contributed by atoms with Gasteiger partial charge in [-0.3, -0.25) is 9.59 Å². The minimum Gasteiger partial charge on any atom is -0.459 e. The summed E-state index contributed by atoms with van der Waals surface area (Å²) < 4.78 is 29.5. The van der Waals surface area contributed by atoms with Crippen LogP contribution in [0.4, 0.5) is 14.9 Å². The SMILES string of the molecule is CC(=O)OC(C)OC(=C1C(=O)N(C(N)=O)c2cc(Cl)c(F)cc21)c1cccs1.O=C(CO)OCc1ccccc1. The van der Waals surface area contributed by atoms with Crippen molar-refractivity contribution < 1.29 is 42.9 Å². The van der Waals surface area contributed by atoms with Crippen LogP contribution in [0, 0.1) is 5.82 Å². The summed E-state index contributed by atoms with van der Waals surface area (Å²) in [6, 6.07) is 13.8. The van der Waals surface area contributed by atoms with Crippen LogP contribution in [-0.2, 0) is 35.2 Å². The summed E-state index contributed by atoms with van der Waals surface area (Å²) in [7, 11) is 0. The molecule has 1 unspecified atom stereocenters. The fourth-order valence-corrected chi connectivity index (χ4v) is 4.43. The molecule has 3 N–H and O–H groups in total. The first kappa shape index (κ1) is 30.3. The summed E-state index contributed by atoms with van der Waals surface area (Å²) in [5.41, 5.74) is 6.29. The van der Waals surface area contributed by atoms with Gasteiger partial charge in [0.25, 0.3) is 5.91 Å². The molecule has 3 aromatic rings. The highest BCUT2D eigenvalue weighted by Crippen LogP contribution is 2.44. The number of rotatable bonds is 7. The number of benzene rings is 2. The zero-order valence-corrected chi connectivity index (χ0v) is 22.8. The Morgan fingerprint density at radius 2 is 1.82 bits per heavy atom. The van der Waals surface area contributed by atoms with Gasteiger partial charge in [-0.2, -0.15) is 0 Å². The molecule has 0 bridgehead atoms. The topological polar surface area (TPSA) is 145 Å². The molecule has 0 radical (unpaired) electrons. The summed E-state index contributed by atoms with van der Waals surface area (Å²) in [5.74, 6) is -2.74. The lowest BCUT2D eigenvalue weighted by molar-refractivity contribution is -0.161. The van der Waals surface area contributed by atoms with Crippen LogP contribution in [-0.4, -0.2) is 41.9 Å². The Bertz CT molecular complexity index is 1430. The molecule has 1 atom stereocenters. The molecule has 0 aliphatic carbocycles. The Labute approximate surface area is 237 Å². The number of hydrogen-bond acceptors (Lipinski definition) is 9. The first-order valence-electron chi connectivity index (χ1n) is 11.6. The number of aliphatic hydroxyl groups is 1. The number of aliphatic hydroxyl groups excluding tert-OH is 1. The maximum atomic E-state index is 14.1. The van der Waals surface area contributed by atoms with Crippen LogP contribution >= 0.6 is 22.9 Å². The number of nitrogens with zero attached hydrogens (tertiary/aromatic N) is 1. The standard InChI is InChI=1S/C18H14ClFN2O5S.C9H10O3/c1-8(23)26-9(2)27-16(14-4-3-5-28-14)15-10-6-12(20)11(19)7-13(10)22(17(15)24)18(21)25;10-6-9(11)12-7-8-4-2-1-3-5-8/h3-7,9H,1-2H3,(H2,21,25);1-5,10H,6-7H2. The normalized spacial score (nSPS) is 13.9. The van der Waals surface area contributed by atoms with Gasteiger partial charge in [0, 0.05) is 19.4 Å². The number of anilines is 1. The number of carbonyl (C=O) groups excluding carboxylic acids is 4. The van der Waals surface area contributed by atoms with Crippen LogP contribution in [0.3, 0.4) is 0 Å². The summed E-state index contributed by atoms with van der Waals surface area (Å²) >= 11 is 7.05. The number of carbonyl (C=O) groups is 4. The molecule has 210 valence electrons. The number of nitrogens with two attached hydrogens (primary N) is 1. The van der Waals surface area contributed by atoms with Crippen molar-refractivity contribution in [2.24, 2.45) is 5.73 Å². The van der Waals surface area contributed by atoms with Gasteiger partial charge in [-0.05, 0) is 29.1 Å². The van der Waals surface area contributed by atoms with E-state index in [0.29, 0.717) is 9.78 Å². The molecule has 1 aliphatic heterocycles. The van der Waals surface area contributed by atoms with Gasteiger partial charge in [-0.1, -0.05) is 48.0 Å². The number of thiophene rings is 1. The molecule has 40 heavy (non-hydrogen) atoms. The number of ether oxygens (including phenoxy) is 3. The van der Waals surface area contributed by atoms with Gasteiger partial charge in [0.15, 0.2) is 5.76 Å². The molecule has 0 saturated carbocycles. The van der Waals surface area contributed by atoms with Crippen LogP contribution in [0.15, 0.2) is 60.0 Å². The summed E-state index contributed by atoms with van der Waals surface area (Å²) in [6.45, 7) is 2.33. The summed E-state index contributed by atoms with van der Waals surface area (Å²) in [5, 5.41) is 9.81. The minimum absolute atomic E-state index is 0.0282. The van der Waals surface area contributed by atoms with E-state index in [2.05, 4.69) is 4.74 Å². The lowest BCUT2D eigenvalue weighted by atomic mass is 10.0. The second-order valence-corrected chi connectivity index (χ2v) is 9.40. The van der Waals surface area contributed by atoms with Crippen molar-refractivity contribution in [2.75, 3.05) is 11.5 Å². The Kier molecular flexibility index (Phi) is 10.4. The smallest absolute Gasteiger partial charge is 0.332 e. The molecular weight excluding hydrogens is 567 g/mol. The summed E-state index contributed by atoms with van der Waals surface area (Å²) in [6.07, 6.45) is -1.04. The highest BCUT2D eigenvalue weighted by Gasteiger charge is 2.40. The van der Waals surface area contributed by atoms with E-state index < -0.39 is 42.6 Å². The van der Waals surface area contributed by atoms with Crippen LogP contribution < -0.4 is 10.6 Å². The zero-order chi connectivity index (χ0) is 29.4. The third kappa shape index (κ3) is 7.44. The number of primary amides is 1. The Hall–Kier alpha value is -4.26. The molecule has 0 spiro atoms. The first-order valence-corrected chi connectivity index (χ1v) is 12.8. The fourth-order valence-electron chi connectivity index (χ4n) is 3.55. The van der Waals surface area contributed by atoms with Crippen molar-refractivity contribution in [2.45, 2.75) is 26.7 Å².